The van der Waals surface area contributed by atoms with Crippen LogP contribution in [0.2, 0.25) is 0 Å². The second-order valence-electron chi connectivity index (χ2n) is 10.7. The topological polar surface area (TPSA) is 125 Å². The van der Waals surface area contributed by atoms with E-state index in [1.54, 1.807) is 4.90 Å². The van der Waals surface area contributed by atoms with Crippen LogP contribution in [0.15, 0.2) is 24.3 Å². The Morgan fingerprint density at radius 2 is 1.87 bits per heavy atom. The van der Waals surface area contributed by atoms with Crippen LogP contribution in [0, 0.1) is 0 Å². The zero-order valence-corrected chi connectivity index (χ0v) is 23.1. The number of fused-ring (bicyclic) bond motifs is 1. The van der Waals surface area contributed by atoms with Crippen LogP contribution in [0.4, 0.5) is 27.4 Å². The van der Waals surface area contributed by atoms with Gasteiger partial charge >= 0.3 is 6.09 Å². The van der Waals surface area contributed by atoms with Gasteiger partial charge in [-0.3, -0.25) is 9.80 Å². The van der Waals surface area contributed by atoms with Crippen molar-refractivity contribution in [1.29, 1.82) is 0 Å². The molecule has 4 heterocycles. The number of aliphatic hydroxyl groups excluding tert-OH is 1. The Bertz CT molecular complexity index is 1320. The minimum Gasteiger partial charge on any atom is -0.447 e. The minimum atomic E-state index is -0.317. The largest absolute Gasteiger partial charge is 0.447 e. The zero-order chi connectivity index (χ0) is 26.9. The van der Waals surface area contributed by atoms with Gasteiger partial charge in [-0.2, -0.15) is 4.98 Å². The van der Waals surface area contributed by atoms with Crippen LogP contribution in [0.1, 0.15) is 45.2 Å². The van der Waals surface area contributed by atoms with Crippen LogP contribution in [-0.4, -0.2) is 81.6 Å². The number of thiazole rings is 1. The maximum Gasteiger partial charge on any atom is 0.414 e. The second-order valence-corrected chi connectivity index (χ2v) is 11.8. The van der Waals surface area contributed by atoms with E-state index in [2.05, 4.69) is 29.4 Å². The third kappa shape index (κ3) is 6.24. The summed E-state index contributed by atoms with van der Waals surface area (Å²) in [5.41, 5.74) is 2.58. The molecule has 2 saturated heterocycles. The molecule has 0 unspecified atom stereocenters. The number of aliphatic hydroxyl groups is 1. The minimum absolute atomic E-state index is 0.175. The molecule has 208 valence electrons. The van der Waals surface area contributed by atoms with Gasteiger partial charge in [0.25, 0.3) is 0 Å². The average molecular weight is 554 g/mol. The van der Waals surface area contributed by atoms with Gasteiger partial charge in [0, 0.05) is 37.4 Å². The number of benzene rings is 1. The van der Waals surface area contributed by atoms with Gasteiger partial charge in [0.15, 0.2) is 5.13 Å². The van der Waals surface area contributed by atoms with Gasteiger partial charge in [-0.1, -0.05) is 11.3 Å². The van der Waals surface area contributed by atoms with Gasteiger partial charge in [-0.05, 0) is 57.7 Å². The summed E-state index contributed by atoms with van der Waals surface area (Å²) in [6.07, 6.45) is 3.17. The molecule has 3 aromatic rings. The number of aromatic nitrogens is 3. The lowest BCUT2D eigenvalue weighted by atomic mass is 9.93. The van der Waals surface area contributed by atoms with Crippen LogP contribution in [0.3, 0.4) is 0 Å². The molecule has 2 aliphatic heterocycles. The molecule has 0 spiro atoms. The lowest BCUT2D eigenvalue weighted by Crippen LogP contribution is -2.45. The average Bonchev–Trinajstić information content (AvgIpc) is 3.49. The molecule has 3 N–H and O–H groups in total. The number of hydrogen-bond donors (Lipinski definition) is 3. The van der Waals surface area contributed by atoms with Crippen molar-refractivity contribution in [3.05, 3.63) is 30.0 Å². The Morgan fingerprint density at radius 1 is 1.08 bits per heavy atom. The van der Waals surface area contributed by atoms with Crippen molar-refractivity contribution in [2.24, 2.45) is 0 Å². The van der Waals surface area contributed by atoms with Gasteiger partial charge in [0.1, 0.15) is 12.4 Å². The first-order valence-corrected chi connectivity index (χ1v) is 14.5. The number of amides is 1. The number of cyclic esters (lactones) is 1. The highest BCUT2D eigenvalue weighted by atomic mass is 32.1. The van der Waals surface area contributed by atoms with E-state index in [0.717, 1.165) is 65.5 Å². The summed E-state index contributed by atoms with van der Waals surface area (Å²) < 4.78 is 12.0. The highest BCUT2D eigenvalue weighted by molar-refractivity contribution is 7.22. The van der Waals surface area contributed by atoms with Crippen LogP contribution >= 0.6 is 11.3 Å². The quantitative estimate of drug-likeness (QED) is 0.394. The Labute approximate surface area is 231 Å². The first kappa shape index (κ1) is 26.2. The molecule has 3 fully saturated rings. The molecule has 11 nitrogen and oxygen atoms in total. The first-order valence-electron chi connectivity index (χ1n) is 13.7. The monoisotopic (exact) mass is 553 g/mol. The van der Waals surface area contributed by atoms with E-state index in [9.17, 15) is 9.90 Å². The smallest absolute Gasteiger partial charge is 0.414 e. The van der Waals surface area contributed by atoms with Crippen molar-refractivity contribution < 1.29 is 19.4 Å². The number of carbonyl (C=O) groups excluding carboxylic acids is 1. The SMILES string of the molecule is C[C@@H]1CN(Cc2cc(Nc3nc4ccc(N5CCOC5=O)cc4s3)nc(NC3CCC(O)CC3)n2)C[C@H](C)O1. The number of hydrogen-bond acceptors (Lipinski definition) is 11. The molecule has 6 rings (SSSR count). The van der Waals surface area contributed by atoms with Gasteiger partial charge in [0.05, 0.1) is 40.8 Å². The summed E-state index contributed by atoms with van der Waals surface area (Å²) in [5, 5.41) is 17.5. The molecule has 39 heavy (non-hydrogen) atoms. The predicted molar refractivity (Wildman–Crippen MR) is 151 cm³/mol. The molecule has 2 aromatic heterocycles. The molecule has 0 radical (unpaired) electrons. The van der Waals surface area contributed by atoms with Crippen molar-refractivity contribution in [3.8, 4) is 0 Å². The molecular formula is C27H35N7O4S. The number of rotatable bonds is 7. The van der Waals surface area contributed by atoms with Gasteiger partial charge in [0.2, 0.25) is 5.95 Å². The number of morpholine rings is 1. The van der Waals surface area contributed by atoms with Crippen LogP contribution in [0.25, 0.3) is 10.2 Å². The predicted octanol–water partition coefficient (Wildman–Crippen LogP) is 4.11. The molecule has 1 aliphatic carbocycles. The summed E-state index contributed by atoms with van der Waals surface area (Å²) in [6.45, 7) is 7.56. The second kappa shape index (κ2) is 11.2. The molecule has 12 heteroatoms. The number of carbonyl (C=O) groups is 1. The fourth-order valence-electron chi connectivity index (χ4n) is 5.62. The summed E-state index contributed by atoms with van der Waals surface area (Å²) in [7, 11) is 0. The van der Waals surface area contributed by atoms with Crippen molar-refractivity contribution in [1.82, 2.24) is 19.9 Å². The molecule has 1 saturated carbocycles. The van der Waals surface area contributed by atoms with Crippen LogP contribution in [0.5, 0.6) is 0 Å². The van der Waals surface area contributed by atoms with E-state index >= 15 is 0 Å². The van der Waals surface area contributed by atoms with E-state index < -0.39 is 0 Å². The number of ether oxygens (including phenoxy) is 2. The van der Waals surface area contributed by atoms with Crippen LogP contribution < -0.4 is 15.5 Å². The molecule has 0 bridgehead atoms. The fraction of sp³-hybridized carbons (Fsp3) is 0.556. The van der Waals surface area contributed by atoms with Crippen molar-refractivity contribution >= 4 is 50.2 Å². The van der Waals surface area contributed by atoms with Crippen molar-refractivity contribution in [2.45, 2.75) is 70.4 Å². The number of nitrogens with one attached hydrogen (secondary N) is 2. The van der Waals surface area contributed by atoms with E-state index in [1.165, 1.54) is 11.3 Å². The highest BCUT2D eigenvalue weighted by Gasteiger charge is 2.25. The van der Waals surface area contributed by atoms with Gasteiger partial charge in [-0.15, -0.1) is 0 Å². The number of anilines is 4. The third-order valence-corrected chi connectivity index (χ3v) is 8.30. The van der Waals surface area contributed by atoms with E-state index in [0.29, 0.717) is 31.5 Å². The van der Waals surface area contributed by atoms with Gasteiger partial charge in [-0.25, -0.2) is 14.8 Å². The maximum absolute atomic E-state index is 12.0. The Balaban J connectivity index is 1.24. The Hall–Kier alpha value is -3.06. The van der Waals surface area contributed by atoms with Crippen molar-refractivity contribution in [2.75, 3.05) is 41.8 Å². The standard InChI is InChI=1S/C27H35N7O4S/c1-16-13-33(14-17(2)38-16)15-19-11-24(31-25(29-19)28-18-3-6-21(35)7-4-18)32-26-30-22-8-5-20(12-23(22)39-26)34-9-10-37-27(34)36/h5,8,11-12,16-18,21,35H,3-4,6-7,9-10,13-15H2,1-2H3,(H2,28,29,30,31,32)/t16-,17+,18?,21?. The lowest BCUT2D eigenvalue weighted by Gasteiger charge is -2.35. The molecule has 2 atom stereocenters. The molecule has 1 aromatic carbocycles. The summed E-state index contributed by atoms with van der Waals surface area (Å²) >= 11 is 1.51. The van der Waals surface area contributed by atoms with Crippen molar-refractivity contribution in [3.63, 3.8) is 0 Å². The molecule has 1 amide bonds. The summed E-state index contributed by atoms with van der Waals surface area (Å²) in [6, 6.07) is 8.02. The maximum atomic E-state index is 12.0. The summed E-state index contributed by atoms with van der Waals surface area (Å²) in [4.78, 5) is 30.4. The molecule has 3 aliphatic rings. The Kier molecular flexibility index (Phi) is 7.52. The first-order chi connectivity index (χ1) is 18.9. The number of nitrogens with zero attached hydrogens (tertiary/aromatic N) is 5. The Morgan fingerprint density at radius 3 is 2.62 bits per heavy atom. The van der Waals surface area contributed by atoms with E-state index in [1.807, 2.05) is 24.3 Å². The fourth-order valence-corrected chi connectivity index (χ4v) is 6.53. The lowest BCUT2D eigenvalue weighted by molar-refractivity contribution is -0.0707. The third-order valence-electron chi connectivity index (χ3n) is 7.37. The van der Waals surface area contributed by atoms with Gasteiger partial charge < -0.3 is 25.2 Å². The van der Waals surface area contributed by atoms with E-state index in [4.69, 9.17) is 24.4 Å². The summed E-state index contributed by atoms with van der Waals surface area (Å²) in [5.74, 6) is 1.26. The van der Waals surface area contributed by atoms with E-state index in [-0.39, 0.29) is 30.4 Å². The normalized spacial score (nSPS) is 26.1. The van der Waals surface area contributed by atoms with Crippen LogP contribution in [-0.2, 0) is 16.0 Å². The highest BCUT2D eigenvalue weighted by Crippen LogP contribution is 2.32. The zero-order valence-electron chi connectivity index (χ0n) is 22.3. The molecular weight excluding hydrogens is 518 g/mol.